The fourth-order valence-electron chi connectivity index (χ4n) is 9.71. The number of para-hydroxylation sites is 1. The lowest BCUT2D eigenvalue weighted by Gasteiger charge is -2.29. The number of hydrogen-bond donors (Lipinski definition) is 0. The normalized spacial score (nSPS) is 17.1. The molecule has 0 N–H and O–H groups in total. The van der Waals surface area contributed by atoms with E-state index in [9.17, 15) is 0 Å². The van der Waals surface area contributed by atoms with Gasteiger partial charge in [-0.2, -0.15) is 9.13 Å². The van der Waals surface area contributed by atoms with Gasteiger partial charge in [-0.15, -0.1) is 11.3 Å². The van der Waals surface area contributed by atoms with Crippen LogP contribution in [0.4, 0.5) is 0 Å². The van der Waals surface area contributed by atoms with E-state index < -0.39 is 0 Å². The molecule has 234 valence electrons. The van der Waals surface area contributed by atoms with Crippen molar-refractivity contribution in [2.45, 2.75) is 24.8 Å². The first kappa shape index (κ1) is 27.0. The second-order valence-electron chi connectivity index (χ2n) is 14.1. The first-order valence-corrected chi connectivity index (χ1v) is 18.4. The lowest BCUT2D eigenvalue weighted by atomic mass is 9.78. The van der Waals surface area contributed by atoms with Crippen LogP contribution in [0.25, 0.3) is 86.5 Å². The summed E-state index contributed by atoms with van der Waals surface area (Å²) in [5, 5.41) is 8.01. The zero-order valence-corrected chi connectivity index (χ0v) is 28.1. The fraction of sp³-hybridized carbons (Fsp3) is 0.0870. The third kappa shape index (κ3) is 3.34. The van der Waals surface area contributed by atoms with Crippen LogP contribution in [0, 0.1) is 0 Å². The Morgan fingerprint density at radius 1 is 0.620 bits per heavy atom. The van der Waals surface area contributed by atoms with Crippen molar-refractivity contribution in [1.29, 1.82) is 0 Å². The smallest absolute Gasteiger partial charge is 0.249 e. The van der Waals surface area contributed by atoms with E-state index >= 15 is 0 Å². The molecule has 2 unspecified atom stereocenters. The van der Waals surface area contributed by atoms with E-state index in [1.54, 1.807) is 0 Å². The van der Waals surface area contributed by atoms with Crippen molar-refractivity contribution < 1.29 is 9.13 Å². The number of benzene rings is 5. The van der Waals surface area contributed by atoms with E-state index in [1.165, 1.54) is 91.9 Å². The molecule has 2 aliphatic heterocycles. The highest BCUT2D eigenvalue weighted by Gasteiger charge is 2.46. The SMILES string of the molecule is C=C1C2C(CCc3cc4c(cc3-c3cccc[n+]31)c1cccc3c5ccc6sc7ccccc7c6c5n4c13)c1ccccc1-c1cccc[n+]12. The quantitative estimate of drug-likeness (QED) is 0.144. The van der Waals surface area contributed by atoms with Gasteiger partial charge in [0.2, 0.25) is 23.1 Å². The van der Waals surface area contributed by atoms with Crippen molar-refractivity contribution in [2.75, 3.05) is 0 Å². The topological polar surface area (TPSA) is 12.2 Å². The molecule has 10 aromatic rings. The number of fused-ring (bicyclic) bond motifs is 19. The number of hydrogen-bond acceptors (Lipinski definition) is 1. The van der Waals surface area contributed by atoms with Crippen molar-refractivity contribution in [3.05, 3.63) is 157 Å². The Morgan fingerprint density at radius 3 is 2.32 bits per heavy atom. The lowest BCUT2D eigenvalue weighted by molar-refractivity contribution is -0.727. The molecule has 5 aromatic carbocycles. The van der Waals surface area contributed by atoms with Crippen molar-refractivity contribution >= 4 is 75.3 Å². The summed E-state index contributed by atoms with van der Waals surface area (Å²) in [5.41, 5.74) is 13.0. The molecule has 0 bridgehead atoms. The monoisotopic (exact) mass is 657 g/mol. The minimum absolute atomic E-state index is 0.0994. The largest absolute Gasteiger partial charge is 0.307 e. The molecule has 0 amide bonds. The Hall–Kier alpha value is -5.84. The standard InChI is InChI=1S/C46H31N3S/c1-27-44-33(29-11-2-3-12-30(29)38-16-7-9-24-48(38)44)20-19-28-25-40-37(26-36(28)39-17-6-8-23-47(27)39)32-15-10-14-31-34-21-22-42-43(46(34)49(40)45(31)32)35-13-4-5-18-41(35)50-42/h2-18,21-26,33,44H,1,19-20H2/q+2. The first-order valence-electron chi connectivity index (χ1n) is 17.6. The predicted molar refractivity (Wildman–Crippen MR) is 207 cm³/mol. The van der Waals surface area contributed by atoms with Crippen LogP contribution < -0.4 is 9.13 Å². The zero-order valence-electron chi connectivity index (χ0n) is 27.3. The number of thiophene rings is 1. The van der Waals surface area contributed by atoms with Gasteiger partial charge >= 0.3 is 0 Å². The summed E-state index contributed by atoms with van der Waals surface area (Å²) in [4.78, 5) is 0. The Morgan fingerprint density at radius 2 is 1.38 bits per heavy atom. The minimum atomic E-state index is 0.0994. The van der Waals surface area contributed by atoms with Gasteiger partial charge in [0.15, 0.2) is 12.4 Å². The van der Waals surface area contributed by atoms with Gasteiger partial charge in [-0.05, 0) is 73.0 Å². The highest BCUT2D eigenvalue weighted by Crippen LogP contribution is 2.48. The van der Waals surface area contributed by atoms with Crippen LogP contribution in [-0.2, 0) is 6.42 Å². The summed E-state index contributed by atoms with van der Waals surface area (Å²) in [6, 6.07) is 47.8. The summed E-state index contributed by atoms with van der Waals surface area (Å²) >= 11 is 1.90. The molecule has 5 aromatic heterocycles. The molecular weight excluding hydrogens is 627 g/mol. The average Bonchev–Trinajstić information content (AvgIpc) is 3.83. The van der Waals surface area contributed by atoms with E-state index in [4.69, 9.17) is 6.58 Å². The maximum atomic E-state index is 4.88. The van der Waals surface area contributed by atoms with Gasteiger partial charge < -0.3 is 4.40 Å². The molecule has 0 radical (unpaired) electrons. The summed E-state index contributed by atoms with van der Waals surface area (Å²) < 4.78 is 10.1. The highest BCUT2D eigenvalue weighted by molar-refractivity contribution is 7.26. The number of rotatable bonds is 0. The molecule has 0 saturated heterocycles. The molecule has 0 aliphatic carbocycles. The number of pyridine rings is 2. The second kappa shape index (κ2) is 9.65. The van der Waals surface area contributed by atoms with E-state index in [1.807, 2.05) is 11.3 Å². The molecule has 12 rings (SSSR count). The Bertz CT molecular complexity index is 3090. The molecule has 0 fully saturated rings. The zero-order chi connectivity index (χ0) is 32.7. The molecule has 50 heavy (non-hydrogen) atoms. The minimum Gasteiger partial charge on any atom is -0.307 e. The molecule has 0 saturated carbocycles. The third-order valence-corrected chi connectivity index (χ3v) is 12.9. The maximum Gasteiger partial charge on any atom is 0.249 e. The molecule has 2 atom stereocenters. The Balaban J connectivity index is 1.18. The van der Waals surface area contributed by atoms with E-state index in [0.29, 0.717) is 0 Å². The van der Waals surface area contributed by atoms with Crippen molar-refractivity contribution in [3.8, 4) is 22.5 Å². The average molecular weight is 658 g/mol. The van der Waals surface area contributed by atoms with Gasteiger partial charge in [-0.25, -0.2) is 0 Å². The van der Waals surface area contributed by atoms with E-state index in [-0.39, 0.29) is 12.0 Å². The highest BCUT2D eigenvalue weighted by atomic mass is 32.1. The second-order valence-corrected chi connectivity index (χ2v) is 15.2. The predicted octanol–water partition coefficient (Wildman–Crippen LogP) is 10.9. The molecule has 2 aliphatic rings. The molecule has 0 spiro atoms. The van der Waals surface area contributed by atoms with Gasteiger partial charge in [0.1, 0.15) is 0 Å². The molecule has 3 nitrogen and oxygen atoms in total. The van der Waals surface area contributed by atoms with Gasteiger partial charge in [0.05, 0.1) is 28.0 Å². The van der Waals surface area contributed by atoms with Crippen molar-refractivity contribution in [2.24, 2.45) is 0 Å². The maximum absolute atomic E-state index is 4.88. The first-order chi connectivity index (χ1) is 24.7. The van der Waals surface area contributed by atoms with Crippen LogP contribution in [0.5, 0.6) is 0 Å². The van der Waals surface area contributed by atoms with Crippen LogP contribution in [0.15, 0.2) is 146 Å². The number of allylic oxidation sites excluding steroid dienone is 1. The number of aryl methyl sites for hydroxylation is 1. The third-order valence-electron chi connectivity index (χ3n) is 11.8. The molecule has 7 heterocycles. The summed E-state index contributed by atoms with van der Waals surface area (Å²) in [6.45, 7) is 4.88. The Kier molecular flexibility index (Phi) is 5.22. The summed E-state index contributed by atoms with van der Waals surface area (Å²) in [6.07, 6.45) is 6.47. The number of aromatic nitrogens is 3. The van der Waals surface area contributed by atoms with Gasteiger partial charge in [-0.3, -0.25) is 0 Å². The van der Waals surface area contributed by atoms with Crippen LogP contribution in [0.2, 0.25) is 0 Å². The fourth-order valence-corrected chi connectivity index (χ4v) is 10.8. The van der Waals surface area contributed by atoms with E-state index in [0.717, 1.165) is 18.5 Å². The van der Waals surface area contributed by atoms with Crippen LogP contribution >= 0.6 is 11.3 Å². The van der Waals surface area contributed by atoms with Crippen molar-refractivity contribution in [3.63, 3.8) is 0 Å². The van der Waals surface area contributed by atoms with Crippen LogP contribution in [0.3, 0.4) is 0 Å². The van der Waals surface area contributed by atoms with Crippen LogP contribution in [-0.4, -0.2) is 4.40 Å². The summed E-state index contributed by atoms with van der Waals surface area (Å²) in [5.74, 6) is 0.284. The van der Waals surface area contributed by atoms with Crippen LogP contribution in [0.1, 0.15) is 29.5 Å². The molecule has 4 heteroatoms. The van der Waals surface area contributed by atoms with Gasteiger partial charge in [0.25, 0.3) is 0 Å². The Labute approximate surface area is 292 Å². The van der Waals surface area contributed by atoms with E-state index in [2.05, 4.69) is 153 Å². The number of nitrogens with zero attached hydrogens (tertiary/aromatic N) is 3. The van der Waals surface area contributed by atoms with Gasteiger partial charge in [-0.1, -0.05) is 60.7 Å². The molecular formula is C46H31N3S+2. The van der Waals surface area contributed by atoms with Crippen molar-refractivity contribution in [1.82, 2.24) is 4.40 Å². The summed E-state index contributed by atoms with van der Waals surface area (Å²) in [7, 11) is 0. The lowest BCUT2D eigenvalue weighted by Crippen LogP contribution is -2.53. The van der Waals surface area contributed by atoms with Gasteiger partial charge in [0, 0.05) is 71.5 Å².